The topological polar surface area (TPSA) is 108 Å². The molecule has 2 heterocycles. The van der Waals surface area contributed by atoms with E-state index in [2.05, 4.69) is 10.2 Å². The number of ether oxygens (including phenoxy) is 1. The molecule has 0 unspecified atom stereocenters. The summed E-state index contributed by atoms with van der Waals surface area (Å²) in [4.78, 5) is 23.3. The maximum Gasteiger partial charge on any atom is 0.349 e. The molecule has 0 fully saturated rings. The third-order valence-electron chi connectivity index (χ3n) is 4.28. The third-order valence-corrected chi connectivity index (χ3v) is 5.38. The van der Waals surface area contributed by atoms with Crippen molar-refractivity contribution in [1.82, 2.24) is 10.2 Å². The van der Waals surface area contributed by atoms with Gasteiger partial charge in [-0.25, -0.2) is 4.79 Å². The zero-order chi connectivity index (χ0) is 20.5. The first-order chi connectivity index (χ1) is 13.9. The molecular weight excluding hydrogens is 394 g/mol. The number of fused-ring (bicyclic) bond motifs is 1. The van der Waals surface area contributed by atoms with Crippen molar-refractivity contribution in [1.29, 1.82) is 0 Å². The number of carbonyl (C=O) groups is 1. The average molecular weight is 409 g/mol. The van der Waals surface area contributed by atoms with Gasteiger partial charge in [0.1, 0.15) is 4.88 Å². The minimum Gasteiger partial charge on any atom is -0.448 e. The van der Waals surface area contributed by atoms with Crippen LogP contribution < -0.4 is 0 Å². The van der Waals surface area contributed by atoms with Gasteiger partial charge in [0.15, 0.2) is 6.10 Å². The van der Waals surface area contributed by atoms with Gasteiger partial charge < -0.3 is 9.15 Å². The van der Waals surface area contributed by atoms with Crippen molar-refractivity contribution in [2.45, 2.75) is 20.0 Å². The van der Waals surface area contributed by atoms with E-state index in [4.69, 9.17) is 9.15 Å². The number of nitro benzene ring substituents is 1. The highest BCUT2D eigenvalue weighted by Gasteiger charge is 2.21. The maximum atomic E-state index is 12.5. The standard InChI is InChI=1S/C20H15N3O5S/c1-11-3-5-13(6-4-11)19-22-21-18(28-19)12(2)27-20(24)17-10-14-9-15(23(25)26)7-8-16(14)29-17/h3-10,12H,1-2H3/t12-/m0/s1. The summed E-state index contributed by atoms with van der Waals surface area (Å²) in [6, 6.07) is 13.7. The Morgan fingerprint density at radius 1 is 1.17 bits per heavy atom. The number of hydrogen-bond acceptors (Lipinski definition) is 8. The molecule has 0 saturated carbocycles. The second-order valence-corrected chi connectivity index (χ2v) is 7.53. The van der Waals surface area contributed by atoms with Gasteiger partial charge in [-0.2, -0.15) is 0 Å². The molecule has 0 amide bonds. The van der Waals surface area contributed by atoms with E-state index < -0.39 is 17.0 Å². The summed E-state index contributed by atoms with van der Waals surface area (Å²) in [5.41, 5.74) is 1.86. The van der Waals surface area contributed by atoms with E-state index in [1.54, 1.807) is 19.1 Å². The number of esters is 1. The highest BCUT2D eigenvalue weighted by Crippen LogP contribution is 2.30. The quantitative estimate of drug-likeness (QED) is 0.257. The van der Waals surface area contributed by atoms with Crippen molar-refractivity contribution >= 4 is 33.1 Å². The summed E-state index contributed by atoms with van der Waals surface area (Å²) in [5.74, 6) is -0.0285. The number of hydrogen-bond donors (Lipinski definition) is 0. The smallest absolute Gasteiger partial charge is 0.349 e. The SMILES string of the molecule is Cc1ccc(-c2nnc([C@H](C)OC(=O)c3cc4cc([N+](=O)[O-])ccc4s3)o2)cc1. The Balaban J connectivity index is 1.50. The van der Waals surface area contributed by atoms with Crippen LogP contribution in [-0.2, 0) is 4.74 Å². The van der Waals surface area contributed by atoms with Gasteiger partial charge in [0.2, 0.25) is 5.89 Å². The van der Waals surface area contributed by atoms with Crippen LogP contribution in [-0.4, -0.2) is 21.1 Å². The summed E-state index contributed by atoms with van der Waals surface area (Å²) in [7, 11) is 0. The molecule has 8 nitrogen and oxygen atoms in total. The molecule has 0 aliphatic heterocycles. The Hall–Kier alpha value is -3.59. The van der Waals surface area contributed by atoms with Gasteiger partial charge in [0.05, 0.1) is 4.92 Å². The second kappa shape index (κ2) is 7.44. The lowest BCUT2D eigenvalue weighted by Gasteiger charge is -2.07. The molecule has 0 saturated heterocycles. The zero-order valence-electron chi connectivity index (χ0n) is 15.5. The minimum atomic E-state index is -0.742. The lowest BCUT2D eigenvalue weighted by Crippen LogP contribution is -2.08. The molecule has 4 aromatic rings. The Morgan fingerprint density at radius 3 is 2.66 bits per heavy atom. The van der Waals surface area contributed by atoms with Crippen molar-refractivity contribution in [3.8, 4) is 11.5 Å². The fourth-order valence-corrected chi connectivity index (χ4v) is 3.65. The molecule has 0 spiro atoms. The van der Waals surface area contributed by atoms with Crippen LogP contribution in [0.25, 0.3) is 21.5 Å². The van der Waals surface area contributed by atoms with Crippen LogP contribution in [0.1, 0.15) is 34.2 Å². The highest BCUT2D eigenvalue weighted by atomic mass is 32.1. The molecule has 0 N–H and O–H groups in total. The van der Waals surface area contributed by atoms with Crippen LogP contribution in [0.2, 0.25) is 0 Å². The predicted octanol–water partition coefficient (Wildman–Crippen LogP) is 5.09. The summed E-state index contributed by atoms with van der Waals surface area (Å²) in [5, 5.41) is 19.5. The Kier molecular flexibility index (Phi) is 4.81. The highest BCUT2D eigenvalue weighted by molar-refractivity contribution is 7.20. The number of rotatable bonds is 5. The third kappa shape index (κ3) is 3.85. The van der Waals surface area contributed by atoms with E-state index in [-0.39, 0.29) is 11.6 Å². The van der Waals surface area contributed by atoms with E-state index in [9.17, 15) is 14.9 Å². The number of carbonyl (C=O) groups excluding carboxylic acids is 1. The van der Waals surface area contributed by atoms with Crippen molar-refractivity contribution in [3.63, 3.8) is 0 Å². The summed E-state index contributed by atoms with van der Waals surface area (Å²) >= 11 is 1.20. The number of benzene rings is 2. The molecule has 0 aliphatic rings. The van der Waals surface area contributed by atoms with Crippen LogP contribution >= 0.6 is 11.3 Å². The van der Waals surface area contributed by atoms with Gasteiger partial charge in [-0.05, 0) is 38.1 Å². The number of aryl methyl sites for hydroxylation is 1. The Labute approximate surface area is 168 Å². The van der Waals surface area contributed by atoms with E-state index in [0.717, 1.165) is 15.8 Å². The molecule has 4 rings (SSSR count). The first-order valence-corrected chi connectivity index (χ1v) is 9.52. The van der Waals surface area contributed by atoms with Crippen LogP contribution in [0.5, 0.6) is 0 Å². The second-order valence-electron chi connectivity index (χ2n) is 6.45. The van der Waals surface area contributed by atoms with Gasteiger partial charge in [-0.1, -0.05) is 17.7 Å². The molecule has 146 valence electrons. The number of nitro groups is 1. The summed E-state index contributed by atoms with van der Waals surface area (Å²) in [6.45, 7) is 3.62. The van der Waals surface area contributed by atoms with Crippen molar-refractivity contribution in [3.05, 3.63) is 75.0 Å². The Bertz CT molecular complexity index is 1210. The normalized spacial score (nSPS) is 12.1. The number of non-ortho nitro benzene ring substituents is 1. The maximum absolute atomic E-state index is 12.5. The molecule has 2 aromatic heterocycles. The molecule has 0 aliphatic carbocycles. The van der Waals surface area contributed by atoms with Gasteiger partial charge in [-0.15, -0.1) is 21.5 Å². The van der Waals surface area contributed by atoms with Gasteiger partial charge in [-0.3, -0.25) is 10.1 Å². The van der Waals surface area contributed by atoms with Crippen molar-refractivity contribution < 1.29 is 18.9 Å². The fourth-order valence-electron chi connectivity index (χ4n) is 2.73. The molecular formula is C20H15N3O5S. The molecule has 9 heteroatoms. The minimum absolute atomic E-state index is 0.0296. The van der Waals surface area contributed by atoms with E-state index >= 15 is 0 Å². The Morgan fingerprint density at radius 2 is 1.93 bits per heavy atom. The van der Waals surface area contributed by atoms with Crippen LogP contribution in [0.3, 0.4) is 0 Å². The molecule has 0 radical (unpaired) electrons. The zero-order valence-corrected chi connectivity index (χ0v) is 16.3. The molecule has 0 bridgehead atoms. The molecule has 29 heavy (non-hydrogen) atoms. The van der Waals surface area contributed by atoms with Gasteiger partial charge in [0, 0.05) is 27.8 Å². The van der Waals surface area contributed by atoms with E-state index in [1.807, 2.05) is 31.2 Å². The lowest BCUT2D eigenvalue weighted by molar-refractivity contribution is -0.384. The summed E-state index contributed by atoms with van der Waals surface area (Å²) < 4.78 is 11.8. The predicted molar refractivity (Wildman–Crippen MR) is 107 cm³/mol. The van der Waals surface area contributed by atoms with Crippen molar-refractivity contribution in [2.24, 2.45) is 0 Å². The number of thiophene rings is 1. The largest absolute Gasteiger partial charge is 0.448 e. The lowest BCUT2D eigenvalue weighted by atomic mass is 10.1. The first-order valence-electron chi connectivity index (χ1n) is 8.70. The number of aromatic nitrogens is 2. The van der Waals surface area contributed by atoms with E-state index in [0.29, 0.717) is 16.2 Å². The monoisotopic (exact) mass is 409 g/mol. The van der Waals surface area contributed by atoms with Gasteiger partial charge >= 0.3 is 5.97 Å². The number of nitrogens with zero attached hydrogens (tertiary/aromatic N) is 3. The van der Waals surface area contributed by atoms with Crippen LogP contribution in [0, 0.1) is 17.0 Å². The van der Waals surface area contributed by atoms with Crippen molar-refractivity contribution in [2.75, 3.05) is 0 Å². The van der Waals surface area contributed by atoms with Gasteiger partial charge in [0.25, 0.3) is 11.6 Å². The molecule has 1 atom stereocenters. The summed E-state index contributed by atoms with van der Waals surface area (Å²) in [6.07, 6.45) is -0.742. The average Bonchev–Trinajstić information content (AvgIpc) is 3.35. The van der Waals surface area contributed by atoms with Crippen LogP contribution in [0.15, 0.2) is 52.9 Å². The van der Waals surface area contributed by atoms with Crippen LogP contribution in [0.4, 0.5) is 5.69 Å². The fraction of sp³-hybridized carbons (Fsp3) is 0.150. The first kappa shape index (κ1) is 18.8. The van der Waals surface area contributed by atoms with E-state index in [1.165, 1.54) is 23.5 Å². The molecule has 2 aromatic carbocycles.